The lowest BCUT2D eigenvalue weighted by atomic mass is 10.3. The molecule has 0 bridgehead atoms. The van der Waals surface area contributed by atoms with Crippen LogP contribution in [0.3, 0.4) is 0 Å². The Hall–Kier alpha value is -2.51. The first kappa shape index (κ1) is 19.3. The Bertz CT molecular complexity index is 1020. The van der Waals surface area contributed by atoms with Gasteiger partial charge in [-0.05, 0) is 31.2 Å². The summed E-state index contributed by atoms with van der Waals surface area (Å²) in [5.74, 6) is 1.19. The minimum Gasteiger partial charge on any atom is -0.492 e. The van der Waals surface area contributed by atoms with Gasteiger partial charge in [-0.2, -0.15) is 0 Å². The molecule has 27 heavy (non-hydrogen) atoms. The number of carbonyl (C=O) groups excluding carboxylic acids is 1. The van der Waals surface area contributed by atoms with Gasteiger partial charge >= 0.3 is 0 Å². The van der Waals surface area contributed by atoms with Crippen LogP contribution in [0.4, 0.5) is 5.69 Å². The fourth-order valence-corrected chi connectivity index (χ4v) is 3.36. The van der Waals surface area contributed by atoms with E-state index in [1.165, 1.54) is 28.4 Å². The van der Waals surface area contributed by atoms with Gasteiger partial charge in [0.25, 0.3) is 5.56 Å². The molecule has 0 spiro atoms. The number of amides is 1. The third kappa shape index (κ3) is 5.02. The molecule has 8 heteroatoms. The summed E-state index contributed by atoms with van der Waals surface area (Å²) in [5, 5.41) is 3.31. The normalized spacial score (nSPS) is 10.7. The van der Waals surface area contributed by atoms with Gasteiger partial charge in [-0.3, -0.25) is 14.0 Å². The molecule has 140 valence electrons. The molecule has 2 aromatic heterocycles. The largest absolute Gasteiger partial charge is 0.492 e. The maximum atomic E-state index is 12.2. The van der Waals surface area contributed by atoms with Gasteiger partial charge in [0, 0.05) is 18.0 Å². The first-order valence-corrected chi connectivity index (χ1v) is 9.87. The molecule has 0 fully saturated rings. The van der Waals surface area contributed by atoms with Crippen LogP contribution in [-0.4, -0.2) is 27.7 Å². The van der Waals surface area contributed by atoms with E-state index in [0.29, 0.717) is 40.2 Å². The predicted octanol–water partition coefficient (Wildman–Crippen LogP) is 3.62. The van der Waals surface area contributed by atoms with E-state index in [0.717, 1.165) is 0 Å². The average Bonchev–Trinajstić information content (AvgIpc) is 2.64. The number of benzene rings is 1. The Morgan fingerprint density at radius 1 is 1.30 bits per heavy atom. The summed E-state index contributed by atoms with van der Waals surface area (Å²) >= 11 is 7.29. The highest BCUT2D eigenvalue weighted by atomic mass is 35.5. The molecule has 0 saturated heterocycles. The van der Waals surface area contributed by atoms with Gasteiger partial charge < -0.3 is 10.1 Å². The van der Waals surface area contributed by atoms with Gasteiger partial charge in [0.15, 0.2) is 0 Å². The van der Waals surface area contributed by atoms with Gasteiger partial charge in [-0.25, -0.2) is 4.98 Å². The van der Waals surface area contributed by atoms with Gasteiger partial charge in [0.2, 0.25) is 5.91 Å². The fraction of sp³-hybridized carbons (Fsp3) is 0.211. The number of hydrogen-bond donors (Lipinski definition) is 1. The van der Waals surface area contributed by atoms with Crippen molar-refractivity contribution in [2.24, 2.45) is 0 Å². The third-order valence-electron chi connectivity index (χ3n) is 3.62. The number of hydrogen-bond acceptors (Lipinski definition) is 5. The number of halogens is 1. The van der Waals surface area contributed by atoms with E-state index < -0.39 is 0 Å². The van der Waals surface area contributed by atoms with Gasteiger partial charge in [-0.15, -0.1) is 11.8 Å². The van der Waals surface area contributed by atoms with Crippen LogP contribution in [0.5, 0.6) is 5.75 Å². The molecule has 0 aliphatic rings. The lowest BCUT2D eigenvalue weighted by molar-refractivity contribution is -0.113. The number of aromatic nitrogens is 2. The summed E-state index contributed by atoms with van der Waals surface area (Å²) < 4.78 is 6.89. The van der Waals surface area contributed by atoms with Crippen LogP contribution in [0.1, 0.15) is 12.6 Å². The fourth-order valence-electron chi connectivity index (χ4n) is 2.49. The van der Waals surface area contributed by atoms with Crippen molar-refractivity contribution in [3.05, 3.63) is 69.7 Å². The van der Waals surface area contributed by atoms with Crippen molar-refractivity contribution in [3.63, 3.8) is 0 Å². The van der Waals surface area contributed by atoms with Crippen LogP contribution in [-0.2, 0) is 10.5 Å². The predicted molar refractivity (Wildman–Crippen MR) is 109 cm³/mol. The molecule has 0 aliphatic heterocycles. The second-order valence-electron chi connectivity index (χ2n) is 5.63. The summed E-state index contributed by atoms with van der Waals surface area (Å²) in [6, 6.07) is 12.1. The second kappa shape index (κ2) is 8.92. The smallest absolute Gasteiger partial charge is 0.258 e. The monoisotopic (exact) mass is 403 g/mol. The number of fused-ring (bicyclic) bond motifs is 1. The van der Waals surface area contributed by atoms with Crippen molar-refractivity contribution < 1.29 is 9.53 Å². The maximum Gasteiger partial charge on any atom is 0.258 e. The van der Waals surface area contributed by atoms with Crippen LogP contribution >= 0.6 is 23.4 Å². The summed E-state index contributed by atoms with van der Waals surface area (Å²) in [4.78, 5) is 28.8. The number of thioether (sulfide) groups is 1. The molecule has 3 aromatic rings. The lowest BCUT2D eigenvalue weighted by Crippen LogP contribution is -2.16. The van der Waals surface area contributed by atoms with Crippen LogP contribution in [0, 0.1) is 0 Å². The Labute approximate surface area is 165 Å². The number of carbonyl (C=O) groups is 1. The Morgan fingerprint density at radius 2 is 2.11 bits per heavy atom. The summed E-state index contributed by atoms with van der Waals surface area (Å²) in [5.41, 5.74) is 1.59. The number of para-hydroxylation sites is 2. The highest BCUT2D eigenvalue weighted by Gasteiger charge is 2.09. The van der Waals surface area contributed by atoms with Crippen molar-refractivity contribution in [2.75, 3.05) is 17.7 Å². The molecule has 1 aromatic carbocycles. The lowest BCUT2D eigenvalue weighted by Gasteiger charge is -2.11. The van der Waals surface area contributed by atoms with Crippen molar-refractivity contribution in [3.8, 4) is 5.75 Å². The molecule has 2 heterocycles. The van der Waals surface area contributed by atoms with Crippen molar-refractivity contribution in [1.29, 1.82) is 0 Å². The summed E-state index contributed by atoms with van der Waals surface area (Å²) in [6.07, 6.45) is 1.53. The highest BCUT2D eigenvalue weighted by Crippen LogP contribution is 2.24. The number of nitrogens with zero attached hydrogens (tertiary/aromatic N) is 2. The minimum atomic E-state index is -0.201. The zero-order valence-corrected chi connectivity index (χ0v) is 16.2. The zero-order valence-electron chi connectivity index (χ0n) is 14.6. The van der Waals surface area contributed by atoms with E-state index in [4.69, 9.17) is 16.3 Å². The van der Waals surface area contributed by atoms with Crippen LogP contribution in [0.15, 0.2) is 53.5 Å². The Kier molecular flexibility index (Phi) is 6.36. The number of pyridine rings is 1. The van der Waals surface area contributed by atoms with Crippen molar-refractivity contribution in [1.82, 2.24) is 9.38 Å². The van der Waals surface area contributed by atoms with Crippen molar-refractivity contribution in [2.45, 2.75) is 12.7 Å². The third-order valence-corrected chi connectivity index (χ3v) is 4.81. The van der Waals surface area contributed by atoms with Crippen molar-refractivity contribution >= 4 is 40.6 Å². The van der Waals surface area contributed by atoms with Crippen LogP contribution < -0.4 is 15.6 Å². The summed E-state index contributed by atoms with van der Waals surface area (Å²) in [7, 11) is 0. The average molecular weight is 404 g/mol. The maximum absolute atomic E-state index is 12.2. The molecule has 0 radical (unpaired) electrons. The van der Waals surface area contributed by atoms with Gasteiger partial charge in [0.05, 0.1) is 28.8 Å². The number of nitrogens with one attached hydrogen (secondary N) is 1. The van der Waals surface area contributed by atoms with E-state index >= 15 is 0 Å². The first-order valence-electron chi connectivity index (χ1n) is 8.34. The molecule has 0 aliphatic carbocycles. The topological polar surface area (TPSA) is 72.7 Å². The Balaban J connectivity index is 1.60. The molecule has 6 nitrogen and oxygen atoms in total. The highest BCUT2D eigenvalue weighted by molar-refractivity contribution is 7.99. The van der Waals surface area contributed by atoms with E-state index in [1.54, 1.807) is 18.2 Å². The first-order chi connectivity index (χ1) is 13.1. The minimum absolute atomic E-state index is 0.142. The van der Waals surface area contributed by atoms with E-state index in [1.807, 2.05) is 25.1 Å². The SMILES string of the molecule is CCOc1ccccc1NC(=O)CSCc1cc(=O)n2cc(Cl)ccc2n1. The molecular formula is C19H18ClN3O3S. The van der Waals surface area contributed by atoms with Gasteiger partial charge in [-0.1, -0.05) is 23.7 Å². The number of rotatable bonds is 7. The molecular weight excluding hydrogens is 386 g/mol. The standard InChI is InChI=1S/C19H18ClN3O3S/c1-2-26-16-6-4-3-5-15(16)22-18(24)12-27-11-14-9-19(25)23-10-13(20)7-8-17(23)21-14/h3-10H,2,11-12H2,1H3,(H,22,24). The summed E-state index contributed by atoms with van der Waals surface area (Å²) in [6.45, 7) is 2.41. The quantitative estimate of drug-likeness (QED) is 0.652. The molecule has 0 saturated carbocycles. The molecule has 0 atom stereocenters. The van der Waals surface area contributed by atoms with E-state index in [9.17, 15) is 9.59 Å². The molecule has 1 N–H and O–H groups in total. The van der Waals surface area contributed by atoms with Crippen LogP contribution in [0.25, 0.3) is 5.65 Å². The Morgan fingerprint density at radius 3 is 2.93 bits per heavy atom. The van der Waals surface area contributed by atoms with E-state index in [-0.39, 0.29) is 17.2 Å². The number of anilines is 1. The van der Waals surface area contributed by atoms with E-state index in [2.05, 4.69) is 10.3 Å². The van der Waals surface area contributed by atoms with Gasteiger partial charge in [0.1, 0.15) is 11.4 Å². The molecule has 0 unspecified atom stereocenters. The molecule has 1 amide bonds. The zero-order chi connectivity index (χ0) is 19.2. The second-order valence-corrected chi connectivity index (χ2v) is 7.05. The number of ether oxygens (including phenoxy) is 1. The van der Waals surface area contributed by atoms with Crippen LogP contribution in [0.2, 0.25) is 5.02 Å². The molecule has 3 rings (SSSR count).